The van der Waals surface area contributed by atoms with Crippen molar-refractivity contribution >= 4 is 17.4 Å². The maximum atomic E-state index is 12.4. The van der Waals surface area contributed by atoms with Gasteiger partial charge in [0, 0.05) is 18.1 Å². The molecule has 1 amide bonds. The van der Waals surface area contributed by atoms with Crippen LogP contribution in [0.2, 0.25) is 0 Å². The van der Waals surface area contributed by atoms with Gasteiger partial charge in [0.2, 0.25) is 0 Å². The average Bonchev–Trinajstić information content (AvgIpc) is 2.51. The molecule has 0 aliphatic carbocycles. The Morgan fingerprint density at radius 2 is 1.79 bits per heavy atom. The zero-order chi connectivity index (χ0) is 17.7. The Hall–Kier alpha value is -3.13. The molecule has 2 rings (SSSR count). The molecule has 1 heterocycles. The van der Waals surface area contributed by atoms with Crippen LogP contribution in [0.15, 0.2) is 42.2 Å². The minimum Gasteiger partial charge on any atom is -0.345 e. The van der Waals surface area contributed by atoms with Crippen LogP contribution in [0, 0.1) is 39.0 Å². The smallest absolute Gasteiger partial charge is 0.267 e. The van der Waals surface area contributed by atoms with Gasteiger partial charge in [-0.2, -0.15) is 5.26 Å². The van der Waals surface area contributed by atoms with E-state index < -0.39 is 5.91 Å². The van der Waals surface area contributed by atoms with Gasteiger partial charge in [-0.1, -0.05) is 17.7 Å². The summed E-state index contributed by atoms with van der Waals surface area (Å²) in [6.07, 6.45) is 3.03. The first-order valence-corrected chi connectivity index (χ1v) is 7.59. The summed E-state index contributed by atoms with van der Waals surface area (Å²) in [5.74, 6) is 0.131. The topological polar surface area (TPSA) is 77.8 Å². The van der Waals surface area contributed by atoms with Gasteiger partial charge in [-0.25, -0.2) is 4.98 Å². The van der Waals surface area contributed by atoms with E-state index >= 15 is 0 Å². The first-order chi connectivity index (χ1) is 11.4. The number of nitrogens with one attached hydrogen (secondary N) is 2. The normalized spacial score (nSPS) is 10.9. The lowest BCUT2D eigenvalue weighted by Crippen LogP contribution is -2.16. The Kier molecular flexibility index (Phi) is 5.33. The number of anilines is 2. The van der Waals surface area contributed by atoms with Crippen molar-refractivity contribution in [2.75, 3.05) is 10.6 Å². The van der Waals surface area contributed by atoms with Crippen molar-refractivity contribution in [3.05, 3.63) is 64.5 Å². The van der Waals surface area contributed by atoms with E-state index in [9.17, 15) is 10.1 Å². The highest BCUT2D eigenvalue weighted by Gasteiger charge is 2.12. The second-order valence-corrected chi connectivity index (χ2v) is 5.76. The van der Waals surface area contributed by atoms with Crippen LogP contribution < -0.4 is 10.6 Å². The molecule has 0 bridgehead atoms. The minimum absolute atomic E-state index is 0.0160. The van der Waals surface area contributed by atoms with Gasteiger partial charge in [0.25, 0.3) is 5.91 Å². The zero-order valence-electron chi connectivity index (χ0n) is 14.3. The summed E-state index contributed by atoms with van der Waals surface area (Å²) in [6.45, 7) is 7.81. The van der Waals surface area contributed by atoms with Gasteiger partial charge in [0.05, 0.1) is 0 Å². The van der Waals surface area contributed by atoms with Crippen LogP contribution in [0.4, 0.5) is 11.5 Å². The fourth-order valence-corrected chi connectivity index (χ4v) is 2.47. The third kappa shape index (κ3) is 4.20. The van der Waals surface area contributed by atoms with Crippen LogP contribution in [0.3, 0.4) is 0 Å². The summed E-state index contributed by atoms with van der Waals surface area (Å²) in [4.78, 5) is 16.5. The number of benzene rings is 1. The third-order valence-corrected chi connectivity index (χ3v) is 3.56. The fourth-order valence-electron chi connectivity index (χ4n) is 2.47. The average molecular weight is 320 g/mol. The van der Waals surface area contributed by atoms with Gasteiger partial charge in [0.15, 0.2) is 0 Å². The lowest BCUT2D eigenvalue weighted by Gasteiger charge is -2.12. The van der Waals surface area contributed by atoms with Crippen molar-refractivity contribution < 1.29 is 4.79 Å². The number of aromatic nitrogens is 1. The van der Waals surface area contributed by atoms with Crippen LogP contribution >= 0.6 is 0 Å². The van der Waals surface area contributed by atoms with Crippen molar-refractivity contribution in [3.8, 4) is 6.07 Å². The fraction of sp³-hybridized carbons (Fsp3) is 0.211. The van der Waals surface area contributed by atoms with Crippen LogP contribution in [0.1, 0.15) is 22.3 Å². The molecule has 5 heteroatoms. The molecule has 0 saturated heterocycles. The highest BCUT2D eigenvalue weighted by atomic mass is 16.1. The molecule has 5 nitrogen and oxygen atoms in total. The first kappa shape index (κ1) is 17.2. The number of amides is 1. The van der Waals surface area contributed by atoms with Gasteiger partial charge in [-0.3, -0.25) is 4.79 Å². The summed E-state index contributed by atoms with van der Waals surface area (Å²) in [5, 5.41) is 14.9. The molecule has 0 unspecified atom stereocenters. The molecule has 0 atom stereocenters. The number of nitrogens with zero attached hydrogens (tertiary/aromatic N) is 2. The van der Waals surface area contributed by atoms with E-state index in [4.69, 9.17) is 0 Å². The predicted octanol–water partition coefficient (Wildman–Crippen LogP) is 3.77. The Morgan fingerprint density at radius 3 is 2.38 bits per heavy atom. The number of nitriles is 1. The molecule has 122 valence electrons. The van der Waals surface area contributed by atoms with Crippen molar-refractivity contribution in [3.63, 3.8) is 0 Å². The second kappa shape index (κ2) is 7.42. The standard InChI is InChI=1S/C19H20N4O/c1-12-5-6-21-17(9-12)22-11-16(10-20)19(24)23-18-14(3)7-13(2)8-15(18)4/h5-9,11H,1-4H3,(H,21,22)(H,23,24)/b16-11-. The largest absolute Gasteiger partial charge is 0.345 e. The molecule has 1 aromatic heterocycles. The van der Waals surface area contributed by atoms with Crippen LogP contribution in [0.5, 0.6) is 0 Å². The molecular weight excluding hydrogens is 300 g/mol. The van der Waals surface area contributed by atoms with E-state index in [1.807, 2.05) is 58.0 Å². The van der Waals surface area contributed by atoms with E-state index in [0.717, 1.165) is 27.9 Å². The molecule has 0 radical (unpaired) electrons. The number of carbonyl (C=O) groups is 1. The summed E-state index contributed by atoms with van der Waals surface area (Å²) >= 11 is 0. The van der Waals surface area contributed by atoms with Gasteiger partial charge >= 0.3 is 0 Å². The number of hydrogen-bond acceptors (Lipinski definition) is 4. The molecule has 1 aromatic carbocycles. The second-order valence-electron chi connectivity index (χ2n) is 5.76. The number of carbonyl (C=O) groups excluding carboxylic acids is 1. The summed E-state index contributed by atoms with van der Waals surface area (Å²) in [7, 11) is 0. The summed E-state index contributed by atoms with van der Waals surface area (Å²) in [6, 6.07) is 9.60. The van der Waals surface area contributed by atoms with Crippen molar-refractivity contribution in [1.29, 1.82) is 5.26 Å². The maximum Gasteiger partial charge on any atom is 0.267 e. The third-order valence-electron chi connectivity index (χ3n) is 3.56. The molecule has 2 N–H and O–H groups in total. The highest BCUT2D eigenvalue weighted by Crippen LogP contribution is 2.22. The Labute approximate surface area is 142 Å². The van der Waals surface area contributed by atoms with E-state index in [1.54, 1.807) is 6.20 Å². The summed E-state index contributed by atoms with van der Waals surface area (Å²) < 4.78 is 0. The molecule has 0 fully saturated rings. The van der Waals surface area contributed by atoms with Crippen molar-refractivity contribution in [1.82, 2.24) is 4.98 Å². The monoisotopic (exact) mass is 320 g/mol. The number of hydrogen-bond donors (Lipinski definition) is 2. The maximum absolute atomic E-state index is 12.4. The number of pyridine rings is 1. The van der Waals surface area contributed by atoms with Crippen LogP contribution in [-0.2, 0) is 4.79 Å². The molecule has 24 heavy (non-hydrogen) atoms. The molecule has 2 aromatic rings. The highest BCUT2D eigenvalue weighted by molar-refractivity contribution is 6.07. The number of rotatable bonds is 4. The quantitative estimate of drug-likeness (QED) is 0.664. The Bertz CT molecular complexity index is 824. The molecule has 0 aliphatic rings. The minimum atomic E-state index is -0.451. The van der Waals surface area contributed by atoms with E-state index in [0.29, 0.717) is 5.82 Å². The van der Waals surface area contributed by atoms with Crippen molar-refractivity contribution in [2.24, 2.45) is 0 Å². The van der Waals surface area contributed by atoms with Crippen LogP contribution in [-0.4, -0.2) is 10.9 Å². The predicted molar refractivity (Wildman–Crippen MR) is 95.6 cm³/mol. The van der Waals surface area contributed by atoms with Gasteiger partial charge < -0.3 is 10.6 Å². The molecular formula is C19H20N4O. The lowest BCUT2D eigenvalue weighted by atomic mass is 10.0. The summed E-state index contributed by atoms with van der Waals surface area (Å²) in [5.41, 5.74) is 4.82. The zero-order valence-corrected chi connectivity index (χ0v) is 14.3. The van der Waals surface area contributed by atoms with Gasteiger partial charge in [-0.05, 0) is 56.5 Å². The van der Waals surface area contributed by atoms with E-state index in [2.05, 4.69) is 15.6 Å². The molecule has 0 aliphatic heterocycles. The Balaban J connectivity index is 2.18. The SMILES string of the molecule is Cc1ccnc(N/C=C(/C#N)C(=O)Nc2c(C)cc(C)cc2C)c1. The van der Waals surface area contributed by atoms with Gasteiger partial charge in [-0.15, -0.1) is 0 Å². The lowest BCUT2D eigenvalue weighted by molar-refractivity contribution is -0.112. The number of aryl methyl sites for hydroxylation is 4. The van der Waals surface area contributed by atoms with Crippen molar-refractivity contribution in [2.45, 2.75) is 27.7 Å². The Morgan fingerprint density at radius 1 is 1.12 bits per heavy atom. The van der Waals surface area contributed by atoms with Gasteiger partial charge in [0.1, 0.15) is 17.5 Å². The molecule has 0 saturated carbocycles. The van der Waals surface area contributed by atoms with E-state index in [1.165, 1.54) is 6.20 Å². The van der Waals surface area contributed by atoms with E-state index in [-0.39, 0.29) is 5.57 Å². The molecule has 0 spiro atoms. The first-order valence-electron chi connectivity index (χ1n) is 7.59. The van der Waals surface area contributed by atoms with Crippen LogP contribution in [0.25, 0.3) is 0 Å².